The third-order valence-electron chi connectivity index (χ3n) is 3.25. The summed E-state index contributed by atoms with van der Waals surface area (Å²) < 4.78 is 15.6. The van der Waals surface area contributed by atoms with E-state index in [4.69, 9.17) is 19.7 Å². The van der Waals surface area contributed by atoms with Crippen LogP contribution in [-0.2, 0) is 0 Å². The van der Waals surface area contributed by atoms with E-state index in [1.165, 1.54) is 0 Å². The predicted molar refractivity (Wildman–Crippen MR) is 82.7 cm³/mol. The predicted octanol–water partition coefficient (Wildman–Crippen LogP) is 3.00. The van der Waals surface area contributed by atoms with Crippen LogP contribution in [-0.4, -0.2) is 24.4 Å². The largest absolute Gasteiger partial charge is 0.497 e. The first-order valence-corrected chi connectivity index (χ1v) is 6.63. The van der Waals surface area contributed by atoms with Crippen molar-refractivity contribution in [2.45, 2.75) is 0 Å². The lowest BCUT2D eigenvalue weighted by molar-refractivity contribution is 0.414. The number of ether oxygens (including phenoxy) is 2. The lowest BCUT2D eigenvalue weighted by Crippen LogP contribution is -1.92. The van der Waals surface area contributed by atoms with Crippen LogP contribution in [0.3, 0.4) is 0 Å². The van der Waals surface area contributed by atoms with Crippen LogP contribution in [0.15, 0.2) is 47.0 Å². The zero-order valence-corrected chi connectivity index (χ0v) is 12.2. The number of nitrogen functional groups attached to an aromatic ring is 1. The zero-order valence-electron chi connectivity index (χ0n) is 12.2. The lowest BCUT2D eigenvalue weighted by atomic mass is 10.2. The highest BCUT2D eigenvalue weighted by atomic mass is 16.5. The number of hydrogen-bond acceptors (Lipinski definition) is 6. The quantitative estimate of drug-likeness (QED) is 0.745. The molecular formula is C16H15N3O3. The highest BCUT2D eigenvalue weighted by molar-refractivity contribution is 5.67. The molecule has 6 nitrogen and oxygen atoms in total. The minimum absolute atomic E-state index is 0.403. The average Bonchev–Trinajstić information content (AvgIpc) is 3.05. The van der Waals surface area contributed by atoms with Crippen molar-refractivity contribution >= 4 is 5.69 Å². The van der Waals surface area contributed by atoms with Crippen LogP contribution >= 0.6 is 0 Å². The van der Waals surface area contributed by atoms with Gasteiger partial charge in [0.1, 0.15) is 11.5 Å². The zero-order chi connectivity index (χ0) is 15.5. The van der Waals surface area contributed by atoms with E-state index in [2.05, 4.69) is 10.1 Å². The summed E-state index contributed by atoms with van der Waals surface area (Å²) in [5.74, 6) is 2.29. The molecule has 0 unspecified atom stereocenters. The Hall–Kier alpha value is -3.02. The Morgan fingerprint density at radius 1 is 0.955 bits per heavy atom. The van der Waals surface area contributed by atoms with Gasteiger partial charge in [-0.15, -0.1) is 0 Å². The maximum atomic E-state index is 5.89. The highest BCUT2D eigenvalue weighted by Crippen LogP contribution is 2.29. The minimum atomic E-state index is 0.403. The van der Waals surface area contributed by atoms with Crippen molar-refractivity contribution in [2.75, 3.05) is 20.0 Å². The van der Waals surface area contributed by atoms with Crippen molar-refractivity contribution in [2.24, 2.45) is 0 Å². The van der Waals surface area contributed by atoms with Gasteiger partial charge in [0.2, 0.25) is 5.82 Å². The molecule has 0 aliphatic carbocycles. The summed E-state index contributed by atoms with van der Waals surface area (Å²) in [6.07, 6.45) is 0. The van der Waals surface area contributed by atoms with Crippen LogP contribution < -0.4 is 15.2 Å². The van der Waals surface area contributed by atoms with Crippen LogP contribution in [0.4, 0.5) is 5.69 Å². The number of methoxy groups -OCH3 is 2. The Morgan fingerprint density at radius 3 is 2.32 bits per heavy atom. The summed E-state index contributed by atoms with van der Waals surface area (Å²) in [4.78, 5) is 4.39. The first kappa shape index (κ1) is 13.9. The van der Waals surface area contributed by atoms with E-state index in [-0.39, 0.29) is 0 Å². The van der Waals surface area contributed by atoms with E-state index in [1.54, 1.807) is 26.4 Å². The van der Waals surface area contributed by atoms with Crippen LogP contribution in [0.2, 0.25) is 0 Å². The summed E-state index contributed by atoms with van der Waals surface area (Å²) in [5.41, 5.74) is 7.99. The summed E-state index contributed by atoms with van der Waals surface area (Å²) in [6, 6.07) is 12.8. The van der Waals surface area contributed by atoms with Crippen LogP contribution in [0.5, 0.6) is 11.5 Å². The van der Waals surface area contributed by atoms with E-state index in [0.29, 0.717) is 23.2 Å². The minimum Gasteiger partial charge on any atom is -0.497 e. The number of hydrogen-bond donors (Lipinski definition) is 1. The van der Waals surface area contributed by atoms with Gasteiger partial charge in [0, 0.05) is 11.1 Å². The van der Waals surface area contributed by atoms with Crippen molar-refractivity contribution in [3.05, 3.63) is 42.5 Å². The number of aromatic nitrogens is 2. The Balaban J connectivity index is 1.91. The molecule has 112 valence electrons. The van der Waals surface area contributed by atoms with Gasteiger partial charge < -0.3 is 19.7 Å². The maximum Gasteiger partial charge on any atom is 0.258 e. The van der Waals surface area contributed by atoms with Crippen molar-refractivity contribution < 1.29 is 14.0 Å². The van der Waals surface area contributed by atoms with E-state index >= 15 is 0 Å². The fourth-order valence-corrected chi connectivity index (χ4v) is 2.07. The molecule has 2 aromatic carbocycles. The highest BCUT2D eigenvalue weighted by Gasteiger charge is 2.12. The molecule has 0 spiro atoms. The molecule has 3 rings (SSSR count). The molecule has 0 atom stereocenters. The van der Waals surface area contributed by atoms with Crippen LogP contribution in [0.25, 0.3) is 22.8 Å². The monoisotopic (exact) mass is 297 g/mol. The summed E-state index contributed by atoms with van der Waals surface area (Å²) in [5, 5.41) is 3.99. The first-order valence-electron chi connectivity index (χ1n) is 6.63. The average molecular weight is 297 g/mol. The fourth-order valence-electron chi connectivity index (χ4n) is 2.07. The molecule has 0 bridgehead atoms. The van der Waals surface area contributed by atoms with E-state index in [9.17, 15) is 0 Å². The van der Waals surface area contributed by atoms with Gasteiger partial charge in [0.25, 0.3) is 5.89 Å². The van der Waals surface area contributed by atoms with E-state index in [0.717, 1.165) is 16.9 Å². The molecule has 1 heterocycles. The number of benzene rings is 2. The molecule has 2 N–H and O–H groups in total. The van der Waals surface area contributed by atoms with E-state index in [1.807, 2.05) is 30.3 Å². The molecular weight excluding hydrogens is 282 g/mol. The Labute approximate surface area is 127 Å². The molecule has 0 radical (unpaired) electrons. The second-order valence-electron chi connectivity index (χ2n) is 4.61. The third kappa shape index (κ3) is 2.58. The van der Waals surface area contributed by atoms with Gasteiger partial charge in [0.15, 0.2) is 0 Å². The Kier molecular flexibility index (Phi) is 3.65. The molecule has 3 aromatic rings. The molecule has 0 saturated carbocycles. The van der Waals surface area contributed by atoms with Crippen molar-refractivity contribution in [3.63, 3.8) is 0 Å². The van der Waals surface area contributed by atoms with Gasteiger partial charge >= 0.3 is 0 Å². The van der Waals surface area contributed by atoms with Crippen molar-refractivity contribution in [1.82, 2.24) is 10.1 Å². The van der Waals surface area contributed by atoms with Crippen molar-refractivity contribution in [1.29, 1.82) is 0 Å². The molecule has 0 fully saturated rings. The van der Waals surface area contributed by atoms with Gasteiger partial charge in [-0.25, -0.2) is 0 Å². The van der Waals surface area contributed by atoms with Gasteiger partial charge in [-0.2, -0.15) is 4.98 Å². The Bertz CT molecular complexity index is 782. The molecule has 0 saturated heterocycles. The topological polar surface area (TPSA) is 83.4 Å². The van der Waals surface area contributed by atoms with Crippen LogP contribution in [0.1, 0.15) is 0 Å². The summed E-state index contributed by atoms with van der Waals surface area (Å²) in [7, 11) is 3.19. The van der Waals surface area contributed by atoms with Gasteiger partial charge in [-0.1, -0.05) is 5.16 Å². The second kappa shape index (κ2) is 5.77. The van der Waals surface area contributed by atoms with E-state index < -0.39 is 0 Å². The lowest BCUT2D eigenvalue weighted by Gasteiger charge is -2.04. The molecule has 0 aliphatic rings. The molecule has 1 aromatic heterocycles. The summed E-state index contributed by atoms with van der Waals surface area (Å²) in [6.45, 7) is 0. The standard InChI is InChI=1S/C16H15N3O3/c1-20-12-6-3-10(4-7-12)15-18-16(22-19-15)11-5-8-14(21-2)13(17)9-11/h3-9H,17H2,1-2H3. The van der Waals surface area contributed by atoms with Gasteiger partial charge in [-0.05, 0) is 42.5 Å². The van der Waals surface area contributed by atoms with Gasteiger partial charge in [0.05, 0.1) is 19.9 Å². The van der Waals surface area contributed by atoms with Crippen LogP contribution in [0, 0.1) is 0 Å². The normalized spacial score (nSPS) is 10.5. The molecule has 0 aliphatic heterocycles. The fraction of sp³-hybridized carbons (Fsp3) is 0.125. The maximum absolute atomic E-state index is 5.89. The number of nitrogens with zero attached hydrogens (tertiary/aromatic N) is 2. The van der Waals surface area contributed by atoms with Crippen molar-refractivity contribution in [3.8, 4) is 34.3 Å². The molecule has 22 heavy (non-hydrogen) atoms. The Morgan fingerprint density at radius 2 is 1.68 bits per heavy atom. The molecule has 6 heteroatoms. The number of anilines is 1. The SMILES string of the molecule is COc1ccc(-c2noc(-c3ccc(OC)c(N)c3)n2)cc1. The van der Waals surface area contributed by atoms with Gasteiger partial charge in [-0.3, -0.25) is 0 Å². The number of rotatable bonds is 4. The number of nitrogens with two attached hydrogens (primary N) is 1. The summed E-state index contributed by atoms with van der Waals surface area (Å²) >= 11 is 0. The third-order valence-corrected chi connectivity index (χ3v) is 3.25. The molecule has 0 amide bonds. The first-order chi connectivity index (χ1) is 10.7. The second-order valence-corrected chi connectivity index (χ2v) is 4.61. The smallest absolute Gasteiger partial charge is 0.258 e.